The van der Waals surface area contributed by atoms with Crippen LogP contribution in [0.1, 0.15) is 105 Å². The summed E-state index contributed by atoms with van der Waals surface area (Å²) in [6.45, 7) is 13.6. The number of carbonyl (C=O) groups excluding carboxylic acids is 4. The number of amides is 1. The Hall–Kier alpha value is -9.21. The van der Waals surface area contributed by atoms with Gasteiger partial charge in [0.15, 0.2) is 22.1 Å². The molecule has 514 valence electrons. The molecule has 0 saturated carbocycles. The van der Waals surface area contributed by atoms with Crippen LogP contribution in [0.4, 0.5) is 5.69 Å². The van der Waals surface area contributed by atoms with Gasteiger partial charge < -0.3 is 45.1 Å². The Kier molecular flexibility index (Phi) is 23.2. The van der Waals surface area contributed by atoms with Crippen LogP contribution in [0.2, 0.25) is 20.1 Å². The fourth-order valence-corrected chi connectivity index (χ4v) is 14.4. The van der Waals surface area contributed by atoms with E-state index in [0.717, 1.165) is 33.8 Å². The highest BCUT2D eigenvalue weighted by Crippen LogP contribution is 2.43. The number of aromatic nitrogens is 4. The number of hydrogen-bond acceptors (Lipinski definition) is 18. The Morgan fingerprint density at radius 2 is 0.920 bits per heavy atom. The van der Waals surface area contributed by atoms with Crippen LogP contribution in [-0.4, -0.2) is 143 Å². The number of rotatable bonds is 17. The molecule has 0 radical (unpaired) electrons. The van der Waals surface area contributed by atoms with Crippen LogP contribution in [0.3, 0.4) is 0 Å². The summed E-state index contributed by atoms with van der Waals surface area (Å²) in [5, 5.41) is 51.1. The summed E-state index contributed by atoms with van der Waals surface area (Å²) >= 11 is 33.3. The molecule has 1 aliphatic rings. The van der Waals surface area contributed by atoms with Gasteiger partial charge in [-0.2, -0.15) is 0 Å². The summed E-state index contributed by atoms with van der Waals surface area (Å²) < 4.78 is 0.508. The molecule has 0 spiro atoms. The maximum absolute atomic E-state index is 13.0. The first-order chi connectivity index (χ1) is 47.5. The Bertz CT molecular complexity index is 5010. The van der Waals surface area contributed by atoms with E-state index in [2.05, 4.69) is 72.7 Å². The molecule has 0 unspecified atom stereocenters. The number of aliphatic imine (C=N–C) groups is 3. The number of carbonyl (C=O) groups is 4. The van der Waals surface area contributed by atoms with E-state index in [4.69, 9.17) is 58.6 Å². The number of halogens is 4. The number of Topliss-reactive ketones (excluding diaryl/α,β-unsaturated/α-hetero) is 3. The van der Waals surface area contributed by atoms with Gasteiger partial charge in [-0.05, 0) is 134 Å². The van der Waals surface area contributed by atoms with Crippen LogP contribution in [-0.2, 0) is 5.41 Å². The van der Waals surface area contributed by atoms with Crippen LogP contribution >= 0.6 is 92.6 Å². The molecule has 0 aliphatic carbocycles. The minimum Gasteiger partial charge on any atom is -0.506 e. The van der Waals surface area contributed by atoms with Gasteiger partial charge in [0, 0.05) is 98.9 Å². The van der Waals surface area contributed by atoms with Crippen molar-refractivity contribution in [3.05, 3.63) is 221 Å². The lowest BCUT2D eigenvalue weighted by Crippen LogP contribution is -2.47. The normalized spacial score (nSPS) is 13.1. The molecule has 6 aromatic carbocycles. The number of ketones is 3. The van der Waals surface area contributed by atoms with Crippen LogP contribution in [0.25, 0.3) is 53.4 Å². The predicted octanol–water partition coefficient (Wildman–Crippen LogP) is 17.4. The summed E-state index contributed by atoms with van der Waals surface area (Å²) in [6, 6.07) is 32.6. The van der Waals surface area contributed by atoms with Gasteiger partial charge in [-0.25, -0.2) is 4.79 Å². The predicted molar refractivity (Wildman–Crippen MR) is 406 cm³/mol. The van der Waals surface area contributed by atoms with Crippen LogP contribution in [0.15, 0.2) is 151 Å². The number of nitrogens with one attached hydrogen (secondary N) is 4. The molecule has 6 heterocycles. The van der Waals surface area contributed by atoms with Gasteiger partial charge in [0.05, 0.1) is 61.7 Å². The van der Waals surface area contributed by atoms with Gasteiger partial charge in [0.2, 0.25) is 0 Å². The van der Waals surface area contributed by atoms with E-state index in [-0.39, 0.29) is 70.7 Å². The van der Waals surface area contributed by atoms with E-state index in [1.807, 2.05) is 24.6 Å². The topological polar surface area (TPSA) is 296 Å². The van der Waals surface area contributed by atoms with Crippen LogP contribution in [0.5, 0.6) is 17.2 Å². The maximum Gasteiger partial charge on any atom is 0.323 e. The number of fused-ring (bicyclic) bond motifs is 2. The number of H-pyrrole nitrogens is 4. The molecular weight excluding hydrogens is 1430 g/mol. The number of likely N-dealkylation sites (N-methyl/N-ethyl adjacent to an activating group) is 1. The van der Waals surface area contributed by atoms with Crippen molar-refractivity contribution in [3.8, 4) is 48.6 Å². The summed E-state index contributed by atoms with van der Waals surface area (Å²) in [6.07, 6.45) is 0. The number of nitro benzene ring substituents is 1. The van der Waals surface area contributed by atoms with Gasteiger partial charge in [-0.1, -0.05) is 110 Å². The third kappa shape index (κ3) is 17.1. The van der Waals surface area contributed by atoms with Crippen LogP contribution in [0, 0.1) is 14.9 Å². The number of thiophene rings is 3. The quantitative estimate of drug-likeness (QED) is 0.0147. The average Bonchev–Trinajstić information content (AvgIpc) is 1.22. The zero-order valence-corrected chi connectivity index (χ0v) is 61.0. The molecule has 1 amide bonds. The molecule has 1 fully saturated rings. The first kappa shape index (κ1) is 73.5. The van der Waals surface area contributed by atoms with Crippen molar-refractivity contribution in [2.45, 2.75) is 47.0 Å². The zero-order chi connectivity index (χ0) is 72.0. The molecule has 0 bridgehead atoms. The molecule has 5 aromatic heterocycles. The third-order valence-electron chi connectivity index (χ3n) is 16.4. The SMILES string of the molecule is CC(=NCC(=O)c1ccc(C(=O)N2CCN(C)CC2)c([N+](=O)[O-])c1)c1csc(-c2ccc(C(C)(C)C)cc2)c1O.CC(=NCC(=O)c1ccc2[nH]c(=O)[nH]c2c1)c1csc(-c2ccc(Cl)c(Cl)c2)c1O.CC(=NCC(=O)c1ccc2[nH]c(=S)[nH]c2c1)c1csc(-c2ccc(Cl)c(Cl)c2)c1O. The number of benzene rings is 6. The number of piperazine rings is 1. The first-order valence-corrected chi connectivity index (χ1v) is 35.4. The second-order valence-corrected chi connectivity index (χ2v) is 29.0. The maximum atomic E-state index is 13.0. The van der Waals surface area contributed by atoms with E-state index in [1.54, 1.807) is 109 Å². The van der Waals surface area contributed by atoms with Crippen molar-refractivity contribution in [1.29, 1.82) is 0 Å². The fraction of sp³-hybridized carbons (Fsp3) is 0.208. The van der Waals surface area contributed by atoms with Gasteiger partial charge in [-0.3, -0.25) is 44.3 Å². The molecule has 12 rings (SSSR count). The Morgan fingerprint density at radius 3 is 1.36 bits per heavy atom. The Labute approximate surface area is 610 Å². The lowest BCUT2D eigenvalue weighted by atomic mass is 9.86. The lowest BCUT2D eigenvalue weighted by Gasteiger charge is -2.32. The molecule has 100 heavy (non-hydrogen) atoms. The van der Waals surface area contributed by atoms with Crippen molar-refractivity contribution >= 4 is 161 Å². The minimum absolute atomic E-state index is 0.0257. The van der Waals surface area contributed by atoms with Gasteiger partial charge in [-0.15, -0.1) is 34.0 Å². The Balaban J connectivity index is 0.000000164. The summed E-state index contributed by atoms with van der Waals surface area (Å²) in [5.41, 5.74) is 10.0. The van der Waals surface area contributed by atoms with Crippen molar-refractivity contribution in [2.75, 3.05) is 52.9 Å². The van der Waals surface area contributed by atoms with E-state index in [0.29, 0.717) is 122 Å². The number of nitro groups is 1. The van der Waals surface area contributed by atoms with Crippen molar-refractivity contribution in [2.24, 2.45) is 15.0 Å². The van der Waals surface area contributed by atoms with Gasteiger partial charge in [0.25, 0.3) is 11.6 Å². The monoisotopic (exact) mass is 1500 g/mol. The van der Waals surface area contributed by atoms with E-state index < -0.39 is 22.3 Å². The number of imidazole rings is 2. The first-order valence-electron chi connectivity index (χ1n) is 30.8. The highest BCUT2D eigenvalue weighted by Gasteiger charge is 2.29. The van der Waals surface area contributed by atoms with Crippen LogP contribution < -0.4 is 5.69 Å². The summed E-state index contributed by atoms with van der Waals surface area (Å²) in [5.74, 6) is -0.872. The van der Waals surface area contributed by atoms with Crippen molar-refractivity contribution in [1.82, 2.24) is 29.7 Å². The third-order valence-corrected chi connectivity index (χ3v) is 21.2. The number of nitrogens with zero attached hydrogens (tertiary/aromatic N) is 6. The highest BCUT2D eigenvalue weighted by molar-refractivity contribution is 7.71. The summed E-state index contributed by atoms with van der Waals surface area (Å²) in [7, 11) is 1.96. The number of hydrogen-bond donors (Lipinski definition) is 7. The second-order valence-electron chi connectivity index (χ2n) is 24.3. The molecule has 20 nitrogen and oxygen atoms in total. The minimum atomic E-state index is -0.631. The van der Waals surface area contributed by atoms with Crippen molar-refractivity contribution in [3.63, 3.8) is 0 Å². The molecule has 1 saturated heterocycles. The summed E-state index contributed by atoms with van der Waals surface area (Å²) in [4.78, 5) is 104. The Morgan fingerprint density at radius 1 is 0.530 bits per heavy atom. The highest BCUT2D eigenvalue weighted by atomic mass is 35.5. The van der Waals surface area contributed by atoms with E-state index >= 15 is 0 Å². The van der Waals surface area contributed by atoms with Gasteiger partial charge in [0.1, 0.15) is 42.4 Å². The lowest BCUT2D eigenvalue weighted by molar-refractivity contribution is -0.385. The van der Waals surface area contributed by atoms with Gasteiger partial charge >= 0.3 is 5.69 Å². The zero-order valence-electron chi connectivity index (χ0n) is 54.7. The standard InChI is InChI=1S/C30H34N4O5S.C21H15Cl2N3O3S.C21H15Cl2N3O2S2/c1-19(24-18-40-28(27(24)36)20-6-9-22(10-7-20)30(2,3)4)31-17-26(35)21-8-11-23(25(16-21)34(38)39)29(37)33-14-12-32(5)13-15-33;2*1-10(13-9-30-20(19(13)28)12-2-4-14(22)15(23)6-12)24-8-18(27)11-3-5-16-17(7-11)26-21(29)25-16/h6-11,16,18,36H,12-15,17H2,1-5H3;2*2-7,9,28H,8H2,1H3,(H2,25,26,29). The number of aromatic hydroxyl groups is 3. The molecule has 28 heteroatoms. The fourth-order valence-electron chi connectivity index (χ4n) is 10.6. The van der Waals surface area contributed by atoms with Crippen molar-refractivity contribution < 1.29 is 39.4 Å². The molecule has 11 aromatic rings. The number of aromatic amines is 4. The molecule has 0 atom stereocenters. The average molecular weight is 1500 g/mol. The van der Waals surface area contributed by atoms with E-state index in [9.17, 15) is 49.4 Å². The largest absolute Gasteiger partial charge is 0.506 e. The van der Waals surface area contributed by atoms with E-state index in [1.165, 1.54) is 51.7 Å². The second kappa shape index (κ2) is 31.5. The molecule has 1 aliphatic heterocycles. The smallest absolute Gasteiger partial charge is 0.323 e. The molecule has 7 N–H and O–H groups in total. The molecular formula is C72H64Cl4N10O10S4.